The number of sulfonamides is 1. The van der Waals surface area contributed by atoms with Crippen molar-refractivity contribution in [2.45, 2.75) is 37.6 Å². The van der Waals surface area contributed by atoms with E-state index >= 15 is 0 Å². The molecule has 10 heteroatoms. The molecule has 0 saturated heterocycles. The molecule has 214 valence electrons. The van der Waals surface area contributed by atoms with E-state index in [4.69, 9.17) is 9.47 Å². The Morgan fingerprint density at radius 3 is 2.12 bits per heavy atom. The second-order valence-corrected chi connectivity index (χ2v) is 11.0. The Bertz CT molecular complexity index is 1370. The zero-order valence-electron chi connectivity index (χ0n) is 23.4. The molecule has 3 rings (SSSR count). The Morgan fingerprint density at radius 2 is 1.52 bits per heavy atom. The molecule has 0 heterocycles. The number of anilines is 1. The van der Waals surface area contributed by atoms with Crippen LogP contribution in [0.1, 0.15) is 25.8 Å². The molecule has 0 aromatic heterocycles. The number of carbonyl (C=O) groups is 2. The molecule has 40 heavy (non-hydrogen) atoms. The summed E-state index contributed by atoms with van der Waals surface area (Å²) in [5.41, 5.74) is 1.22. The summed E-state index contributed by atoms with van der Waals surface area (Å²) in [7, 11) is -1.24. The highest BCUT2D eigenvalue weighted by atomic mass is 32.2. The van der Waals surface area contributed by atoms with Gasteiger partial charge in [-0.15, -0.1) is 0 Å². The van der Waals surface area contributed by atoms with E-state index in [0.29, 0.717) is 24.5 Å². The quantitative estimate of drug-likeness (QED) is 0.317. The van der Waals surface area contributed by atoms with Crippen LogP contribution in [0, 0.1) is 0 Å². The molecule has 0 radical (unpaired) electrons. The van der Waals surface area contributed by atoms with Crippen LogP contribution in [0.2, 0.25) is 0 Å². The van der Waals surface area contributed by atoms with Crippen LogP contribution < -0.4 is 19.1 Å². The summed E-state index contributed by atoms with van der Waals surface area (Å²) in [6.07, 6.45) is 1.25. The first-order valence-corrected chi connectivity index (χ1v) is 14.6. The predicted molar refractivity (Wildman–Crippen MR) is 155 cm³/mol. The van der Waals surface area contributed by atoms with Crippen molar-refractivity contribution < 1.29 is 27.5 Å². The highest BCUT2D eigenvalue weighted by Gasteiger charge is 2.32. The number of hydrogen-bond donors (Lipinski definition) is 1. The van der Waals surface area contributed by atoms with Gasteiger partial charge in [-0.05, 0) is 49.6 Å². The van der Waals surface area contributed by atoms with E-state index in [1.165, 1.54) is 37.3 Å². The van der Waals surface area contributed by atoms with Crippen LogP contribution in [-0.2, 0) is 26.0 Å². The summed E-state index contributed by atoms with van der Waals surface area (Å²) < 4.78 is 39.5. The molecule has 0 aliphatic rings. The fraction of sp³-hybridized carbons (Fsp3) is 0.333. The number of methoxy groups -OCH3 is 2. The molecule has 0 aliphatic heterocycles. The van der Waals surface area contributed by atoms with Crippen molar-refractivity contribution in [1.82, 2.24) is 10.2 Å². The Hall–Kier alpha value is -4.05. The molecule has 1 N–H and O–H groups in total. The van der Waals surface area contributed by atoms with Gasteiger partial charge in [0.2, 0.25) is 11.8 Å². The molecule has 3 aromatic carbocycles. The second-order valence-electron chi connectivity index (χ2n) is 9.15. The van der Waals surface area contributed by atoms with E-state index in [-0.39, 0.29) is 23.0 Å². The monoisotopic (exact) mass is 567 g/mol. The number of amides is 2. The minimum Gasteiger partial charge on any atom is -0.493 e. The van der Waals surface area contributed by atoms with Gasteiger partial charge in [0.25, 0.3) is 10.0 Å². The smallest absolute Gasteiger partial charge is 0.264 e. The molecule has 2 amide bonds. The molecule has 3 aromatic rings. The van der Waals surface area contributed by atoms with Crippen LogP contribution in [0.4, 0.5) is 5.69 Å². The summed E-state index contributed by atoms with van der Waals surface area (Å²) in [6.45, 7) is 3.78. The lowest BCUT2D eigenvalue weighted by molar-refractivity contribution is -0.138. The predicted octanol–water partition coefficient (Wildman–Crippen LogP) is 3.89. The van der Waals surface area contributed by atoms with Crippen molar-refractivity contribution in [1.29, 1.82) is 0 Å². The molecular weight excluding hydrogens is 530 g/mol. The first kappa shape index (κ1) is 30.5. The average Bonchev–Trinajstić information content (AvgIpc) is 2.99. The Kier molecular flexibility index (Phi) is 11.0. The Morgan fingerprint density at radius 1 is 0.900 bits per heavy atom. The van der Waals surface area contributed by atoms with E-state index in [9.17, 15) is 18.0 Å². The molecule has 0 fully saturated rings. The van der Waals surface area contributed by atoms with Crippen molar-refractivity contribution in [3.63, 3.8) is 0 Å². The van der Waals surface area contributed by atoms with Gasteiger partial charge in [-0.2, -0.15) is 0 Å². The third-order valence-electron chi connectivity index (χ3n) is 6.47. The van der Waals surface area contributed by atoms with E-state index in [1.807, 2.05) is 37.3 Å². The fourth-order valence-electron chi connectivity index (χ4n) is 4.19. The number of hydrogen-bond acceptors (Lipinski definition) is 6. The average molecular weight is 568 g/mol. The van der Waals surface area contributed by atoms with E-state index in [2.05, 4.69) is 5.32 Å². The van der Waals surface area contributed by atoms with Crippen LogP contribution in [0.5, 0.6) is 11.5 Å². The Labute approximate surface area is 236 Å². The topological polar surface area (TPSA) is 105 Å². The van der Waals surface area contributed by atoms with Crippen molar-refractivity contribution >= 4 is 27.5 Å². The van der Waals surface area contributed by atoms with Crippen molar-refractivity contribution in [3.8, 4) is 11.5 Å². The van der Waals surface area contributed by atoms with Gasteiger partial charge in [-0.25, -0.2) is 8.42 Å². The largest absolute Gasteiger partial charge is 0.493 e. The number of nitrogens with one attached hydrogen (secondary N) is 1. The zero-order valence-corrected chi connectivity index (χ0v) is 24.2. The molecule has 1 atom stereocenters. The van der Waals surface area contributed by atoms with Gasteiger partial charge in [-0.3, -0.25) is 13.9 Å². The third-order valence-corrected chi connectivity index (χ3v) is 8.25. The maximum absolute atomic E-state index is 13.9. The summed E-state index contributed by atoms with van der Waals surface area (Å²) in [4.78, 5) is 28.3. The summed E-state index contributed by atoms with van der Waals surface area (Å²) in [6, 6.07) is 21.4. The molecular formula is C30H37N3O6S. The fourth-order valence-corrected chi connectivity index (χ4v) is 5.62. The summed E-state index contributed by atoms with van der Waals surface area (Å²) >= 11 is 0. The molecule has 1 unspecified atom stereocenters. The van der Waals surface area contributed by atoms with Crippen LogP contribution in [-0.4, -0.2) is 65.0 Å². The molecule has 9 nitrogen and oxygen atoms in total. The van der Waals surface area contributed by atoms with Crippen LogP contribution in [0.25, 0.3) is 0 Å². The molecule has 0 spiro atoms. The SMILES string of the molecule is CCCNC(=O)C(C)N(CCc1ccccc1)C(=O)CN(c1ccc(OC)c(OC)c1)S(=O)(=O)c1ccccc1. The van der Waals surface area contributed by atoms with Gasteiger partial charge in [-0.1, -0.05) is 55.5 Å². The second kappa shape index (κ2) is 14.4. The van der Waals surface area contributed by atoms with Gasteiger partial charge < -0.3 is 19.7 Å². The lowest BCUT2D eigenvalue weighted by atomic mass is 10.1. The van der Waals surface area contributed by atoms with E-state index < -0.39 is 28.5 Å². The van der Waals surface area contributed by atoms with Gasteiger partial charge in [0, 0.05) is 19.2 Å². The third kappa shape index (κ3) is 7.53. The van der Waals surface area contributed by atoms with Crippen molar-refractivity contribution in [2.24, 2.45) is 0 Å². The maximum Gasteiger partial charge on any atom is 0.264 e. The highest BCUT2D eigenvalue weighted by Crippen LogP contribution is 2.34. The highest BCUT2D eigenvalue weighted by molar-refractivity contribution is 7.92. The van der Waals surface area contributed by atoms with Crippen LogP contribution in [0.3, 0.4) is 0 Å². The van der Waals surface area contributed by atoms with Crippen molar-refractivity contribution in [3.05, 3.63) is 84.4 Å². The number of rotatable bonds is 14. The minimum atomic E-state index is -4.17. The lowest BCUT2D eigenvalue weighted by Crippen LogP contribution is -2.52. The van der Waals surface area contributed by atoms with Gasteiger partial charge in [0.1, 0.15) is 12.6 Å². The van der Waals surface area contributed by atoms with Crippen molar-refractivity contribution in [2.75, 3.05) is 38.2 Å². The summed E-state index contributed by atoms with van der Waals surface area (Å²) in [5, 5.41) is 2.84. The van der Waals surface area contributed by atoms with E-state index in [0.717, 1.165) is 16.3 Å². The normalized spacial score (nSPS) is 11.8. The molecule has 0 bridgehead atoms. The first-order valence-electron chi connectivity index (χ1n) is 13.1. The lowest BCUT2D eigenvalue weighted by Gasteiger charge is -2.32. The number of carbonyl (C=O) groups excluding carboxylic acids is 2. The van der Waals surface area contributed by atoms with Crippen LogP contribution in [0.15, 0.2) is 83.8 Å². The number of ether oxygens (including phenoxy) is 2. The number of nitrogens with zero attached hydrogens (tertiary/aromatic N) is 2. The Balaban J connectivity index is 2.01. The molecule has 0 saturated carbocycles. The van der Waals surface area contributed by atoms with Gasteiger partial charge in [0.05, 0.1) is 24.8 Å². The maximum atomic E-state index is 13.9. The van der Waals surface area contributed by atoms with Crippen LogP contribution >= 0.6 is 0 Å². The van der Waals surface area contributed by atoms with E-state index in [1.54, 1.807) is 37.3 Å². The minimum absolute atomic E-state index is 0.0298. The standard InChI is InChI=1S/C30H37N3O6S/c1-5-19-31-30(35)23(2)32(20-18-24-12-8-6-9-13-24)29(34)22-33(40(36,37)26-14-10-7-11-15-26)25-16-17-27(38-3)28(21-25)39-4/h6-17,21,23H,5,18-20,22H2,1-4H3,(H,31,35). The molecule has 0 aliphatic carbocycles. The van der Waals surface area contributed by atoms with Gasteiger partial charge >= 0.3 is 0 Å². The van der Waals surface area contributed by atoms with Gasteiger partial charge in [0.15, 0.2) is 11.5 Å². The first-order chi connectivity index (χ1) is 19.2. The summed E-state index contributed by atoms with van der Waals surface area (Å²) in [5.74, 6) is -0.0782. The zero-order chi connectivity index (χ0) is 29.1. The number of benzene rings is 3.